The Morgan fingerprint density at radius 3 is 2.69 bits per heavy atom. The first-order valence-corrected chi connectivity index (χ1v) is 5.34. The van der Waals surface area contributed by atoms with Crippen molar-refractivity contribution in [3.05, 3.63) is 25.3 Å². The Balaban J connectivity index is 2.49. The zero-order valence-electron chi connectivity index (χ0n) is 8.54. The van der Waals surface area contributed by atoms with Gasteiger partial charge in [-0.05, 0) is 25.8 Å². The van der Waals surface area contributed by atoms with Crippen LogP contribution in [0.3, 0.4) is 0 Å². The van der Waals surface area contributed by atoms with Crippen LogP contribution in [-0.4, -0.2) is 24.0 Å². The van der Waals surface area contributed by atoms with E-state index in [1.165, 1.54) is 32.2 Å². The second-order valence-corrected chi connectivity index (χ2v) is 3.81. The molecule has 0 spiro atoms. The molecule has 0 bridgehead atoms. The minimum atomic E-state index is 0.720. The Morgan fingerprint density at radius 1 is 1.15 bits per heavy atom. The van der Waals surface area contributed by atoms with Crippen LogP contribution in [0.1, 0.15) is 32.1 Å². The smallest absolute Gasteiger partial charge is 0.0163 e. The van der Waals surface area contributed by atoms with E-state index in [-0.39, 0.29) is 0 Å². The van der Waals surface area contributed by atoms with Gasteiger partial charge in [-0.25, -0.2) is 0 Å². The summed E-state index contributed by atoms with van der Waals surface area (Å²) >= 11 is 0. The van der Waals surface area contributed by atoms with Gasteiger partial charge in [0.15, 0.2) is 0 Å². The highest BCUT2D eigenvalue weighted by Crippen LogP contribution is 2.19. The molecule has 1 fully saturated rings. The van der Waals surface area contributed by atoms with Gasteiger partial charge in [-0.15, -0.1) is 13.2 Å². The highest BCUT2D eigenvalue weighted by molar-refractivity contribution is 4.85. The van der Waals surface area contributed by atoms with Gasteiger partial charge >= 0.3 is 0 Å². The Labute approximate surface area is 82.1 Å². The van der Waals surface area contributed by atoms with Crippen LogP contribution < -0.4 is 0 Å². The van der Waals surface area contributed by atoms with Crippen LogP contribution in [0, 0.1) is 0 Å². The highest BCUT2D eigenvalue weighted by Gasteiger charge is 2.17. The molecule has 1 atom stereocenters. The predicted molar refractivity (Wildman–Crippen MR) is 58.8 cm³/mol. The lowest BCUT2D eigenvalue weighted by Crippen LogP contribution is -2.34. The summed E-state index contributed by atoms with van der Waals surface area (Å²) in [5.41, 5.74) is 0. The number of rotatable bonds is 4. The fraction of sp³-hybridized carbons (Fsp3) is 0.667. The molecule has 0 aromatic rings. The van der Waals surface area contributed by atoms with E-state index >= 15 is 0 Å². The fourth-order valence-electron chi connectivity index (χ4n) is 2.10. The molecular weight excluding hydrogens is 158 g/mol. The third-order valence-corrected chi connectivity index (χ3v) is 2.80. The SMILES string of the molecule is C=CC[C@@H]1CCCCCN1CC=C. The van der Waals surface area contributed by atoms with Crippen LogP contribution in [0.2, 0.25) is 0 Å². The second kappa shape index (κ2) is 5.98. The molecule has 13 heavy (non-hydrogen) atoms. The van der Waals surface area contributed by atoms with Crippen molar-refractivity contribution in [1.82, 2.24) is 4.90 Å². The van der Waals surface area contributed by atoms with Crippen LogP contribution in [0.15, 0.2) is 25.3 Å². The van der Waals surface area contributed by atoms with E-state index in [1.54, 1.807) is 0 Å². The molecule has 0 radical (unpaired) electrons. The lowest BCUT2D eigenvalue weighted by atomic mass is 10.1. The van der Waals surface area contributed by atoms with E-state index in [1.807, 2.05) is 12.2 Å². The van der Waals surface area contributed by atoms with E-state index in [9.17, 15) is 0 Å². The molecule has 0 amide bonds. The van der Waals surface area contributed by atoms with Crippen LogP contribution in [0.5, 0.6) is 0 Å². The van der Waals surface area contributed by atoms with E-state index in [2.05, 4.69) is 18.1 Å². The number of hydrogen-bond donors (Lipinski definition) is 0. The molecule has 0 unspecified atom stereocenters. The van der Waals surface area contributed by atoms with Gasteiger partial charge in [-0.1, -0.05) is 25.0 Å². The monoisotopic (exact) mass is 179 g/mol. The van der Waals surface area contributed by atoms with Crippen molar-refractivity contribution in [1.29, 1.82) is 0 Å². The normalized spacial score (nSPS) is 25.1. The molecule has 1 saturated heterocycles. The Kier molecular flexibility index (Phi) is 4.84. The summed E-state index contributed by atoms with van der Waals surface area (Å²) < 4.78 is 0. The van der Waals surface area contributed by atoms with Crippen molar-refractivity contribution in [2.45, 2.75) is 38.1 Å². The largest absolute Gasteiger partial charge is 0.296 e. The molecule has 0 saturated carbocycles. The fourth-order valence-corrected chi connectivity index (χ4v) is 2.10. The summed E-state index contributed by atoms with van der Waals surface area (Å²) in [5.74, 6) is 0. The number of hydrogen-bond acceptors (Lipinski definition) is 1. The first kappa shape index (κ1) is 10.5. The summed E-state index contributed by atoms with van der Waals surface area (Å²) in [6.45, 7) is 9.92. The first-order valence-electron chi connectivity index (χ1n) is 5.34. The van der Waals surface area contributed by atoms with Gasteiger partial charge in [-0.2, -0.15) is 0 Å². The summed E-state index contributed by atoms with van der Waals surface area (Å²) in [7, 11) is 0. The van der Waals surface area contributed by atoms with Gasteiger partial charge in [-0.3, -0.25) is 4.90 Å². The van der Waals surface area contributed by atoms with Gasteiger partial charge in [0.1, 0.15) is 0 Å². The minimum absolute atomic E-state index is 0.720. The molecule has 1 aliphatic rings. The van der Waals surface area contributed by atoms with Crippen molar-refractivity contribution in [2.24, 2.45) is 0 Å². The summed E-state index contributed by atoms with van der Waals surface area (Å²) in [6.07, 6.45) is 10.6. The molecule has 0 aromatic heterocycles. The van der Waals surface area contributed by atoms with Crippen molar-refractivity contribution in [3.63, 3.8) is 0 Å². The van der Waals surface area contributed by atoms with Gasteiger partial charge in [0.2, 0.25) is 0 Å². The second-order valence-electron chi connectivity index (χ2n) is 3.81. The number of nitrogens with zero attached hydrogens (tertiary/aromatic N) is 1. The molecule has 0 N–H and O–H groups in total. The average Bonchev–Trinajstić information content (AvgIpc) is 2.33. The third kappa shape index (κ3) is 3.35. The van der Waals surface area contributed by atoms with Crippen molar-refractivity contribution < 1.29 is 0 Å². The third-order valence-electron chi connectivity index (χ3n) is 2.80. The van der Waals surface area contributed by atoms with E-state index < -0.39 is 0 Å². The quantitative estimate of drug-likeness (QED) is 0.600. The Hall–Kier alpha value is -0.560. The van der Waals surface area contributed by atoms with E-state index in [0.29, 0.717) is 0 Å². The topological polar surface area (TPSA) is 3.24 Å². The van der Waals surface area contributed by atoms with Gasteiger partial charge in [0, 0.05) is 12.6 Å². The molecule has 1 heteroatoms. The van der Waals surface area contributed by atoms with Crippen LogP contribution in [-0.2, 0) is 0 Å². The molecule has 1 aliphatic heterocycles. The lowest BCUT2D eigenvalue weighted by molar-refractivity contribution is 0.223. The summed E-state index contributed by atoms with van der Waals surface area (Å²) in [6, 6.07) is 0.720. The zero-order valence-corrected chi connectivity index (χ0v) is 8.54. The van der Waals surface area contributed by atoms with Crippen LogP contribution in [0.4, 0.5) is 0 Å². The average molecular weight is 179 g/mol. The molecule has 0 aliphatic carbocycles. The standard InChI is InChI=1S/C12H21N/c1-3-8-12-9-6-5-7-11-13(12)10-4-2/h3-4,12H,1-2,5-11H2/t12-/m1/s1. The maximum Gasteiger partial charge on any atom is 0.0163 e. The first-order chi connectivity index (χ1) is 6.38. The summed E-state index contributed by atoms with van der Waals surface area (Å²) in [5, 5.41) is 0. The lowest BCUT2D eigenvalue weighted by Gasteiger charge is -2.27. The summed E-state index contributed by atoms with van der Waals surface area (Å²) in [4.78, 5) is 2.54. The highest BCUT2D eigenvalue weighted by atomic mass is 15.1. The molecule has 74 valence electrons. The molecule has 1 heterocycles. The van der Waals surface area contributed by atoms with Crippen molar-refractivity contribution >= 4 is 0 Å². The predicted octanol–water partition coefficient (Wildman–Crippen LogP) is 2.99. The molecule has 1 nitrogen and oxygen atoms in total. The van der Waals surface area contributed by atoms with E-state index in [4.69, 9.17) is 0 Å². The molecule has 1 rings (SSSR count). The Morgan fingerprint density at radius 2 is 2.00 bits per heavy atom. The van der Waals surface area contributed by atoms with Crippen molar-refractivity contribution in [2.75, 3.05) is 13.1 Å². The van der Waals surface area contributed by atoms with E-state index in [0.717, 1.165) is 19.0 Å². The molecule has 0 aromatic carbocycles. The van der Waals surface area contributed by atoms with Crippen molar-refractivity contribution in [3.8, 4) is 0 Å². The number of likely N-dealkylation sites (tertiary alicyclic amines) is 1. The minimum Gasteiger partial charge on any atom is -0.296 e. The van der Waals surface area contributed by atoms with Crippen LogP contribution in [0.25, 0.3) is 0 Å². The Bertz CT molecular complexity index is 145. The maximum atomic E-state index is 3.83. The maximum absolute atomic E-state index is 3.83. The van der Waals surface area contributed by atoms with Gasteiger partial charge in [0.25, 0.3) is 0 Å². The molecular formula is C12H21N. The van der Waals surface area contributed by atoms with Crippen LogP contribution >= 0.6 is 0 Å². The van der Waals surface area contributed by atoms with Gasteiger partial charge < -0.3 is 0 Å². The van der Waals surface area contributed by atoms with Gasteiger partial charge in [0.05, 0.1) is 0 Å². The zero-order chi connectivity index (χ0) is 9.52.